The maximum atomic E-state index is 13.2. The molecular weight excluding hydrogens is 372 g/mol. The Bertz CT molecular complexity index is 1080. The van der Waals surface area contributed by atoms with Crippen LogP contribution in [0.15, 0.2) is 64.5 Å². The van der Waals surface area contributed by atoms with Gasteiger partial charge >= 0.3 is 0 Å². The smallest absolute Gasteiger partial charge is 0.239 e. The lowest BCUT2D eigenvalue weighted by Crippen LogP contribution is -2.28. The van der Waals surface area contributed by atoms with E-state index in [0.717, 1.165) is 17.5 Å². The normalized spacial score (nSPS) is 11.9. The maximum Gasteiger partial charge on any atom is 0.239 e. The van der Waals surface area contributed by atoms with Crippen molar-refractivity contribution in [2.45, 2.75) is 43.5 Å². The summed E-state index contributed by atoms with van der Waals surface area (Å²) in [5.41, 5.74) is 1.73. The molecule has 5 nitrogen and oxygen atoms in total. The number of aryl methyl sites for hydroxylation is 1. The van der Waals surface area contributed by atoms with E-state index in [2.05, 4.69) is 19.2 Å². The Morgan fingerprint density at radius 3 is 2.43 bits per heavy atom. The molecule has 1 aromatic heterocycles. The van der Waals surface area contributed by atoms with Gasteiger partial charge in [0.1, 0.15) is 6.54 Å². The van der Waals surface area contributed by atoms with Gasteiger partial charge in [0, 0.05) is 23.6 Å². The van der Waals surface area contributed by atoms with Gasteiger partial charge < -0.3 is 9.88 Å². The molecule has 0 saturated heterocycles. The lowest BCUT2D eigenvalue weighted by Gasteiger charge is -2.08. The minimum Gasteiger partial charge on any atom is -0.355 e. The van der Waals surface area contributed by atoms with E-state index in [1.807, 2.05) is 25.1 Å². The highest BCUT2D eigenvalue weighted by Crippen LogP contribution is 2.30. The molecular formula is C22H26N2O3S. The van der Waals surface area contributed by atoms with E-state index in [4.69, 9.17) is 0 Å². The van der Waals surface area contributed by atoms with Crippen molar-refractivity contribution in [3.63, 3.8) is 0 Å². The van der Waals surface area contributed by atoms with E-state index in [1.54, 1.807) is 41.1 Å². The molecule has 0 aliphatic heterocycles. The van der Waals surface area contributed by atoms with E-state index < -0.39 is 9.84 Å². The molecule has 0 radical (unpaired) electrons. The molecule has 0 bridgehead atoms. The predicted molar refractivity (Wildman–Crippen MR) is 111 cm³/mol. The molecule has 28 heavy (non-hydrogen) atoms. The average Bonchev–Trinajstić information content (AvgIpc) is 3.01. The van der Waals surface area contributed by atoms with Gasteiger partial charge in [-0.1, -0.05) is 49.7 Å². The van der Waals surface area contributed by atoms with Gasteiger partial charge in [-0.3, -0.25) is 4.79 Å². The van der Waals surface area contributed by atoms with Gasteiger partial charge in [0.15, 0.2) is 0 Å². The summed E-state index contributed by atoms with van der Waals surface area (Å²) in [5, 5.41) is 3.53. The molecule has 1 N–H and O–H groups in total. The first-order chi connectivity index (χ1) is 13.3. The monoisotopic (exact) mass is 398 g/mol. The van der Waals surface area contributed by atoms with Crippen molar-refractivity contribution in [2.24, 2.45) is 5.92 Å². The van der Waals surface area contributed by atoms with Crippen LogP contribution in [0.1, 0.15) is 25.8 Å². The molecule has 0 spiro atoms. The minimum atomic E-state index is -3.68. The van der Waals surface area contributed by atoms with Crippen molar-refractivity contribution < 1.29 is 13.2 Å². The van der Waals surface area contributed by atoms with Crippen LogP contribution in [-0.4, -0.2) is 25.4 Å². The summed E-state index contributed by atoms with van der Waals surface area (Å²) in [5.74, 6) is 0.389. The summed E-state index contributed by atoms with van der Waals surface area (Å²) in [6.45, 7) is 6.83. The van der Waals surface area contributed by atoms with Crippen LogP contribution in [0, 0.1) is 12.8 Å². The predicted octanol–water partition coefficient (Wildman–Crippen LogP) is 3.94. The van der Waals surface area contributed by atoms with Gasteiger partial charge in [-0.2, -0.15) is 0 Å². The van der Waals surface area contributed by atoms with E-state index in [-0.39, 0.29) is 22.2 Å². The largest absolute Gasteiger partial charge is 0.355 e. The van der Waals surface area contributed by atoms with E-state index >= 15 is 0 Å². The highest BCUT2D eigenvalue weighted by Gasteiger charge is 2.23. The van der Waals surface area contributed by atoms with Crippen LogP contribution in [0.2, 0.25) is 0 Å². The Kier molecular flexibility index (Phi) is 5.89. The fraction of sp³-hybridized carbons (Fsp3) is 0.318. The summed E-state index contributed by atoms with van der Waals surface area (Å²) in [6.07, 6.45) is 2.48. The van der Waals surface area contributed by atoms with Crippen LogP contribution in [-0.2, 0) is 21.2 Å². The molecule has 2 aromatic carbocycles. The Morgan fingerprint density at radius 1 is 1.07 bits per heavy atom. The SMILES string of the molecule is Cc1ccc(S(=O)(=O)c2cn(CC(=O)NCCC(C)C)c3ccccc23)cc1. The molecule has 3 aromatic rings. The van der Waals surface area contributed by atoms with E-state index in [1.165, 1.54) is 0 Å². The number of fused-ring (bicyclic) bond motifs is 1. The lowest BCUT2D eigenvalue weighted by atomic mass is 10.1. The van der Waals surface area contributed by atoms with Crippen LogP contribution in [0.3, 0.4) is 0 Å². The standard InChI is InChI=1S/C22H26N2O3S/c1-16(2)12-13-23-22(25)15-24-14-21(19-6-4-5-7-20(19)24)28(26,27)18-10-8-17(3)9-11-18/h4-11,14,16H,12-13,15H2,1-3H3,(H,23,25). The summed E-state index contributed by atoms with van der Waals surface area (Å²) < 4.78 is 28.1. The number of carbonyl (C=O) groups excluding carboxylic acids is 1. The minimum absolute atomic E-state index is 0.0853. The number of para-hydroxylation sites is 1. The van der Waals surface area contributed by atoms with Crippen LogP contribution in [0.4, 0.5) is 0 Å². The van der Waals surface area contributed by atoms with Gasteiger partial charge in [0.25, 0.3) is 0 Å². The first kappa shape index (κ1) is 20.1. The van der Waals surface area contributed by atoms with Gasteiger partial charge in [-0.25, -0.2) is 8.42 Å². The van der Waals surface area contributed by atoms with E-state index in [0.29, 0.717) is 17.8 Å². The second kappa shape index (κ2) is 8.19. The molecule has 1 heterocycles. The Morgan fingerprint density at radius 2 is 1.75 bits per heavy atom. The van der Waals surface area contributed by atoms with Gasteiger partial charge in [-0.15, -0.1) is 0 Å². The summed E-state index contributed by atoms with van der Waals surface area (Å²) in [7, 11) is -3.68. The van der Waals surface area contributed by atoms with Crippen molar-refractivity contribution >= 4 is 26.6 Å². The number of sulfone groups is 1. The Balaban J connectivity index is 1.95. The Hall–Kier alpha value is -2.60. The third-order valence-electron chi connectivity index (χ3n) is 4.73. The number of carbonyl (C=O) groups is 1. The summed E-state index contributed by atoms with van der Waals surface area (Å²) >= 11 is 0. The zero-order chi connectivity index (χ0) is 20.3. The number of rotatable bonds is 7. The van der Waals surface area contributed by atoms with Gasteiger partial charge in [0.2, 0.25) is 15.7 Å². The van der Waals surface area contributed by atoms with Gasteiger partial charge in [0.05, 0.1) is 9.79 Å². The lowest BCUT2D eigenvalue weighted by molar-refractivity contribution is -0.121. The zero-order valence-electron chi connectivity index (χ0n) is 16.5. The molecule has 3 rings (SSSR count). The number of nitrogens with zero attached hydrogens (tertiary/aromatic N) is 1. The molecule has 148 valence electrons. The number of amides is 1. The average molecular weight is 399 g/mol. The van der Waals surface area contributed by atoms with Gasteiger partial charge in [-0.05, 0) is 37.5 Å². The number of benzene rings is 2. The number of aromatic nitrogens is 1. The quantitative estimate of drug-likeness (QED) is 0.655. The highest BCUT2D eigenvalue weighted by molar-refractivity contribution is 7.91. The third kappa shape index (κ3) is 4.28. The van der Waals surface area contributed by atoms with E-state index in [9.17, 15) is 13.2 Å². The van der Waals surface area contributed by atoms with Crippen LogP contribution < -0.4 is 5.32 Å². The second-order valence-corrected chi connectivity index (χ2v) is 9.41. The summed E-state index contributed by atoms with van der Waals surface area (Å²) in [6, 6.07) is 14.1. The fourth-order valence-corrected chi connectivity index (χ4v) is 4.59. The molecule has 0 aliphatic carbocycles. The molecule has 6 heteroatoms. The third-order valence-corrected chi connectivity index (χ3v) is 6.53. The van der Waals surface area contributed by atoms with Crippen LogP contribution in [0.25, 0.3) is 10.9 Å². The first-order valence-electron chi connectivity index (χ1n) is 9.45. The highest BCUT2D eigenvalue weighted by atomic mass is 32.2. The molecule has 0 atom stereocenters. The maximum absolute atomic E-state index is 13.2. The molecule has 0 unspecified atom stereocenters. The number of nitrogens with one attached hydrogen (secondary N) is 1. The molecule has 0 saturated carbocycles. The van der Waals surface area contributed by atoms with Crippen LogP contribution in [0.5, 0.6) is 0 Å². The first-order valence-corrected chi connectivity index (χ1v) is 10.9. The number of hydrogen-bond acceptors (Lipinski definition) is 3. The van der Waals surface area contributed by atoms with Crippen molar-refractivity contribution in [3.05, 3.63) is 60.3 Å². The van der Waals surface area contributed by atoms with Crippen molar-refractivity contribution in [2.75, 3.05) is 6.54 Å². The second-order valence-electron chi connectivity index (χ2n) is 7.49. The Labute approximate surface area is 166 Å². The zero-order valence-corrected chi connectivity index (χ0v) is 17.3. The molecule has 0 aliphatic rings. The number of hydrogen-bond donors (Lipinski definition) is 1. The molecule has 1 amide bonds. The fourth-order valence-electron chi connectivity index (χ4n) is 3.11. The van der Waals surface area contributed by atoms with Crippen molar-refractivity contribution in [1.29, 1.82) is 0 Å². The van der Waals surface area contributed by atoms with Crippen LogP contribution >= 0.6 is 0 Å². The topological polar surface area (TPSA) is 68.2 Å². The van der Waals surface area contributed by atoms with Crippen molar-refractivity contribution in [3.8, 4) is 0 Å². The molecule has 0 fully saturated rings. The van der Waals surface area contributed by atoms with Crippen molar-refractivity contribution in [1.82, 2.24) is 9.88 Å². The summed E-state index contributed by atoms with van der Waals surface area (Å²) in [4.78, 5) is 12.8.